The number of nitrogens with zero attached hydrogens (tertiary/aromatic N) is 2. The molecule has 4 rings (SSSR count). The molecule has 13 heteroatoms. The smallest absolute Gasteiger partial charge is 0.871 e. The van der Waals surface area contributed by atoms with Crippen molar-refractivity contribution in [3.63, 3.8) is 0 Å². The molecule has 0 saturated carbocycles. The van der Waals surface area contributed by atoms with E-state index >= 15 is 0 Å². The van der Waals surface area contributed by atoms with Gasteiger partial charge >= 0.3 is 17.4 Å². The summed E-state index contributed by atoms with van der Waals surface area (Å²) < 4.78 is 68.7. The van der Waals surface area contributed by atoms with Gasteiger partial charge in [0.2, 0.25) is 0 Å². The Kier molecular flexibility index (Phi) is 6.49. The molecular weight excluding hydrogens is 512 g/mol. The van der Waals surface area contributed by atoms with Crippen molar-refractivity contribution in [2.75, 3.05) is 0 Å². The summed E-state index contributed by atoms with van der Waals surface area (Å²) >= 11 is 0. The number of fused-ring (bicyclic) bond motifs is 2. The minimum absolute atomic E-state index is 0. The summed E-state index contributed by atoms with van der Waals surface area (Å²) in [5.74, 6) is -1.62. The second-order valence-corrected chi connectivity index (χ2v) is 9.34. The van der Waals surface area contributed by atoms with E-state index in [4.69, 9.17) is 0 Å². The van der Waals surface area contributed by atoms with Crippen molar-refractivity contribution in [2.24, 2.45) is 10.2 Å². The van der Waals surface area contributed by atoms with Crippen molar-refractivity contribution >= 4 is 53.2 Å². The van der Waals surface area contributed by atoms with E-state index < -0.39 is 41.5 Å². The monoisotopic (exact) mass is 522 g/mol. The zero-order chi connectivity index (χ0) is 23.3. The van der Waals surface area contributed by atoms with Crippen LogP contribution in [0.5, 0.6) is 11.5 Å². The third kappa shape index (κ3) is 4.55. The van der Waals surface area contributed by atoms with E-state index in [9.17, 15) is 36.2 Å². The zero-order valence-corrected chi connectivity index (χ0v) is 19.1. The van der Waals surface area contributed by atoms with Crippen molar-refractivity contribution < 1.29 is 53.5 Å². The summed E-state index contributed by atoms with van der Waals surface area (Å²) in [5.41, 5.74) is -0.537. The van der Waals surface area contributed by atoms with Gasteiger partial charge in [-0.3, -0.25) is 0 Å². The molecule has 0 spiro atoms. The van der Waals surface area contributed by atoms with Gasteiger partial charge in [-0.25, -0.2) is 16.8 Å². The van der Waals surface area contributed by atoms with Crippen LogP contribution < -0.4 is 10.2 Å². The van der Waals surface area contributed by atoms with Crippen molar-refractivity contribution in [1.29, 1.82) is 0 Å². The molecule has 10 nitrogen and oxygen atoms in total. The number of rotatable bonds is 4. The predicted molar refractivity (Wildman–Crippen MR) is 107 cm³/mol. The van der Waals surface area contributed by atoms with Gasteiger partial charge in [0, 0.05) is 10.8 Å². The maximum atomic E-state index is 12.7. The third-order valence-corrected chi connectivity index (χ3v) is 6.46. The zero-order valence-electron chi connectivity index (χ0n) is 16.2. The Morgan fingerprint density at radius 2 is 1.21 bits per heavy atom. The van der Waals surface area contributed by atoms with Crippen LogP contribution in [0.4, 0.5) is 11.4 Å². The van der Waals surface area contributed by atoms with E-state index in [-0.39, 0.29) is 50.3 Å². The van der Waals surface area contributed by atoms with E-state index in [1.165, 1.54) is 42.5 Å². The summed E-state index contributed by atoms with van der Waals surface area (Å²) in [6.07, 6.45) is 0. The van der Waals surface area contributed by atoms with Crippen LogP contribution in [-0.2, 0) is 37.6 Å². The van der Waals surface area contributed by atoms with Crippen LogP contribution in [0.1, 0.15) is 0 Å². The molecule has 0 N–H and O–H groups in total. The maximum Gasteiger partial charge on any atom is 3.00 e. The Morgan fingerprint density at radius 1 is 0.636 bits per heavy atom. The molecule has 0 heterocycles. The summed E-state index contributed by atoms with van der Waals surface area (Å²) in [6.45, 7) is 0. The van der Waals surface area contributed by atoms with Gasteiger partial charge in [0.05, 0.1) is 21.2 Å². The van der Waals surface area contributed by atoms with E-state index in [0.717, 1.165) is 12.1 Å². The molecule has 0 amide bonds. The largest absolute Gasteiger partial charge is 3.00 e. The predicted octanol–water partition coefficient (Wildman–Crippen LogP) is 2.36. The Morgan fingerprint density at radius 3 is 1.85 bits per heavy atom. The van der Waals surface area contributed by atoms with Crippen LogP contribution in [0, 0.1) is 0 Å². The van der Waals surface area contributed by atoms with Crippen molar-refractivity contribution in [3.05, 3.63) is 60.7 Å². The molecule has 0 aliphatic carbocycles. The number of hydrogen-bond donors (Lipinski definition) is 0. The minimum Gasteiger partial charge on any atom is -0.871 e. The molecular formula is C20H10CrN2O8S2-. The molecule has 0 bridgehead atoms. The van der Waals surface area contributed by atoms with E-state index in [1.807, 2.05) is 0 Å². The molecule has 4 aromatic carbocycles. The molecule has 33 heavy (non-hydrogen) atoms. The average Bonchev–Trinajstić information content (AvgIpc) is 2.72. The van der Waals surface area contributed by atoms with E-state index in [0.29, 0.717) is 6.07 Å². The summed E-state index contributed by atoms with van der Waals surface area (Å²) in [5, 5.41) is 32.6. The van der Waals surface area contributed by atoms with Crippen LogP contribution in [0.2, 0.25) is 0 Å². The van der Waals surface area contributed by atoms with Gasteiger partial charge in [0.15, 0.2) is 0 Å². The first-order valence-corrected chi connectivity index (χ1v) is 11.6. The SMILES string of the molecule is O=S(=O)([O-])c1cccc2c([O-])c(N=Nc3c([O-])cc(S(=O)(=O)[O-])c4ccccc34)ccc12.[Cr+3]. The first-order chi connectivity index (χ1) is 15.0. The molecule has 4 aromatic rings. The second kappa shape index (κ2) is 8.71. The number of hydrogen-bond acceptors (Lipinski definition) is 10. The molecule has 0 fully saturated rings. The number of benzene rings is 4. The van der Waals surface area contributed by atoms with Crippen LogP contribution in [-0.4, -0.2) is 25.9 Å². The van der Waals surface area contributed by atoms with Gasteiger partial charge < -0.3 is 19.3 Å². The molecule has 0 unspecified atom stereocenters. The minimum atomic E-state index is -4.93. The van der Waals surface area contributed by atoms with Crippen LogP contribution in [0.25, 0.3) is 21.5 Å². The van der Waals surface area contributed by atoms with E-state index in [1.54, 1.807) is 0 Å². The summed E-state index contributed by atoms with van der Waals surface area (Å²) in [7, 11) is -9.75. The molecule has 1 radical (unpaired) electrons. The topological polar surface area (TPSA) is 185 Å². The van der Waals surface area contributed by atoms with Gasteiger partial charge in [-0.05, 0) is 29.0 Å². The summed E-state index contributed by atoms with van der Waals surface area (Å²) in [6, 6.07) is 12.3. The normalized spacial score (nSPS) is 12.3. The quantitative estimate of drug-likeness (QED) is 0.289. The molecule has 0 aliphatic heterocycles. The third-order valence-electron chi connectivity index (χ3n) is 4.69. The fourth-order valence-corrected chi connectivity index (χ4v) is 4.69. The van der Waals surface area contributed by atoms with Gasteiger partial charge in [-0.15, -0.1) is 0 Å². The first kappa shape index (κ1) is 24.6. The Balaban J connectivity index is 0.00000306. The van der Waals surface area contributed by atoms with Crippen LogP contribution in [0.3, 0.4) is 0 Å². The number of azo groups is 1. The van der Waals surface area contributed by atoms with Crippen LogP contribution >= 0.6 is 0 Å². The Labute approximate surface area is 198 Å². The Hall–Kier alpha value is -3.05. The second-order valence-electron chi connectivity index (χ2n) is 6.64. The fraction of sp³-hybridized carbons (Fsp3) is 0. The molecule has 167 valence electrons. The van der Waals surface area contributed by atoms with Crippen LogP contribution in [0.15, 0.2) is 80.7 Å². The van der Waals surface area contributed by atoms with Crippen molar-refractivity contribution in [1.82, 2.24) is 0 Å². The van der Waals surface area contributed by atoms with Crippen molar-refractivity contribution in [2.45, 2.75) is 9.79 Å². The molecule has 0 aromatic heterocycles. The molecule has 0 atom stereocenters. The van der Waals surface area contributed by atoms with Gasteiger partial charge in [-0.2, -0.15) is 10.2 Å². The molecule has 0 saturated heterocycles. The van der Waals surface area contributed by atoms with Gasteiger partial charge in [-0.1, -0.05) is 54.0 Å². The standard InChI is InChI=1S/C20H14N2O8S2.Cr/c23-16-10-18(32(28,29)30)11-4-1-2-5-13(11)19(16)22-21-15-9-8-12-14(20(15)24)6-3-7-17(12)31(25,26)27;/h1-10,23-24H,(H,25,26,27)(H,28,29,30);/q;+3/p-4. The fourth-order valence-electron chi connectivity index (χ4n) is 3.30. The Bertz CT molecular complexity index is 1650. The van der Waals surface area contributed by atoms with E-state index in [2.05, 4.69) is 10.2 Å². The first-order valence-electron chi connectivity index (χ1n) is 8.77. The van der Waals surface area contributed by atoms with Gasteiger partial charge in [0.25, 0.3) is 0 Å². The average molecular weight is 522 g/mol. The summed E-state index contributed by atoms with van der Waals surface area (Å²) in [4.78, 5) is -1.25. The van der Waals surface area contributed by atoms with Gasteiger partial charge in [0.1, 0.15) is 20.2 Å². The maximum absolute atomic E-state index is 12.7. The van der Waals surface area contributed by atoms with Crippen molar-refractivity contribution in [3.8, 4) is 11.5 Å². The molecule has 0 aliphatic rings.